The van der Waals surface area contributed by atoms with E-state index in [1.54, 1.807) is 24.3 Å². The Morgan fingerprint density at radius 1 is 1.27 bits per heavy atom. The van der Waals surface area contributed by atoms with Crippen LogP contribution in [0.1, 0.15) is 49.8 Å². The summed E-state index contributed by atoms with van der Waals surface area (Å²) in [4.78, 5) is 17.1. The third kappa shape index (κ3) is 4.12. The fraction of sp³-hybridized carbons (Fsp3) is 0.500. The molecule has 1 aliphatic rings. The van der Waals surface area contributed by atoms with Crippen molar-refractivity contribution in [1.29, 1.82) is 0 Å². The van der Waals surface area contributed by atoms with Gasteiger partial charge in [0.15, 0.2) is 15.7 Å². The second kappa shape index (κ2) is 6.83. The predicted molar refractivity (Wildman–Crippen MR) is 97.6 cm³/mol. The number of carbonyl (C=O) groups excluding carboxylic acids is 1. The molecule has 1 unspecified atom stereocenters. The number of sulfone groups is 1. The third-order valence-corrected chi connectivity index (χ3v) is 6.12. The summed E-state index contributed by atoms with van der Waals surface area (Å²) in [6.07, 6.45) is 1.22. The van der Waals surface area contributed by atoms with E-state index >= 15 is 0 Å². The maximum absolute atomic E-state index is 12.7. The fourth-order valence-electron chi connectivity index (χ4n) is 2.90. The second-order valence-electron chi connectivity index (χ2n) is 7.65. The Morgan fingerprint density at radius 3 is 2.65 bits per heavy atom. The number of hydrogen-bond acceptors (Lipinski definition) is 6. The van der Waals surface area contributed by atoms with Gasteiger partial charge >= 0.3 is 0 Å². The summed E-state index contributed by atoms with van der Waals surface area (Å²) in [5.41, 5.74) is 0.654. The fourth-order valence-corrected chi connectivity index (χ4v) is 4.54. The molecule has 1 atom stereocenters. The van der Waals surface area contributed by atoms with E-state index in [-0.39, 0.29) is 34.8 Å². The molecule has 0 spiro atoms. The van der Waals surface area contributed by atoms with Crippen LogP contribution in [0.3, 0.4) is 0 Å². The molecule has 0 aliphatic carbocycles. The number of aromatic nitrogens is 2. The van der Waals surface area contributed by atoms with Crippen LogP contribution in [0.2, 0.25) is 0 Å². The number of benzene rings is 1. The molecule has 1 amide bonds. The van der Waals surface area contributed by atoms with E-state index in [4.69, 9.17) is 4.52 Å². The lowest BCUT2D eigenvalue weighted by atomic mass is 9.96. The van der Waals surface area contributed by atoms with Crippen molar-refractivity contribution < 1.29 is 17.7 Å². The van der Waals surface area contributed by atoms with E-state index in [1.165, 1.54) is 0 Å². The van der Waals surface area contributed by atoms with Gasteiger partial charge in [0, 0.05) is 11.5 Å². The van der Waals surface area contributed by atoms with Gasteiger partial charge in [0.2, 0.25) is 0 Å². The molecule has 3 rings (SSSR count). The first-order valence-electron chi connectivity index (χ1n) is 8.60. The van der Waals surface area contributed by atoms with Gasteiger partial charge in [0.25, 0.3) is 11.8 Å². The number of hydrogen-bond donors (Lipinski definition) is 1. The van der Waals surface area contributed by atoms with Crippen molar-refractivity contribution >= 4 is 15.7 Å². The van der Waals surface area contributed by atoms with E-state index in [9.17, 15) is 13.2 Å². The highest BCUT2D eigenvalue weighted by molar-refractivity contribution is 7.91. The normalized spacial score (nSPS) is 19.9. The van der Waals surface area contributed by atoms with Crippen molar-refractivity contribution in [2.45, 2.75) is 45.1 Å². The molecule has 2 heterocycles. The SMILES string of the molecule is CC(C)(C)c1noc(-c2ccccc2C(=O)NC2CCCS(=O)(=O)C2)n1. The molecule has 1 aromatic carbocycles. The van der Waals surface area contributed by atoms with Crippen LogP contribution in [0.15, 0.2) is 28.8 Å². The second-order valence-corrected chi connectivity index (χ2v) is 9.87. The molecule has 140 valence electrons. The van der Waals surface area contributed by atoms with Crippen LogP contribution < -0.4 is 5.32 Å². The molecular formula is C18H23N3O4S. The highest BCUT2D eigenvalue weighted by Gasteiger charge is 2.28. The van der Waals surface area contributed by atoms with Crippen LogP contribution in [0, 0.1) is 0 Å². The quantitative estimate of drug-likeness (QED) is 0.881. The maximum atomic E-state index is 12.7. The third-order valence-electron chi connectivity index (χ3n) is 4.30. The van der Waals surface area contributed by atoms with Gasteiger partial charge in [-0.25, -0.2) is 8.42 Å². The monoisotopic (exact) mass is 377 g/mol. The Bertz CT molecular complexity index is 913. The molecule has 1 N–H and O–H groups in total. The van der Waals surface area contributed by atoms with Crippen molar-refractivity contribution in [3.05, 3.63) is 35.7 Å². The first kappa shape index (κ1) is 18.6. The first-order chi connectivity index (χ1) is 12.2. The molecule has 0 radical (unpaired) electrons. The number of nitrogens with zero attached hydrogens (tertiary/aromatic N) is 2. The Balaban J connectivity index is 1.85. The van der Waals surface area contributed by atoms with Crippen LogP contribution in [-0.4, -0.2) is 42.0 Å². The summed E-state index contributed by atoms with van der Waals surface area (Å²) in [6, 6.07) is 6.58. The average molecular weight is 377 g/mol. The summed E-state index contributed by atoms with van der Waals surface area (Å²) in [5.74, 6) is 0.666. The molecule has 1 aliphatic heterocycles. The van der Waals surface area contributed by atoms with Gasteiger partial charge in [-0.2, -0.15) is 4.98 Å². The summed E-state index contributed by atoms with van der Waals surface area (Å²) >= 11 is 0. The Labute approximate surface area is 153 Å². The van der Waals surface area contributed by atoms with Crippen LogP contribution >= 0.6 is 0 Å². The van der Waals surface area contributed by atoms with E-state index in [0.717, 1.165) is 0 Å². The van der Waals surface area contributed by atoms with Crippen LogP contribution in [-0.2, 0) is 15.3 Å². The van der Waals surface area contributed by atoms with Gasteiger partial charge in [-0.3, -0.25) is 4.79 Å². The Kier molecular flexibility index (Phi) is 4.88. The van der Waals surface area contributed by atoms with E-state index in [1.807, 2.05) is 20.8 Å². The van der Waals surface area contributed by atoms with Gasteiger partial charge in [-0.1, -0.05) is 38.1 Å². The lowest BCUT2D eigenvalue weighted by Crippen LogP contribution is -2.43. The van der Waals surface area contributed by atoms with Crippen molar-refractivity contribution in [1.82, 2.24) is 15.5 Å². The number of nitrogens with one attached hydrogen (secondary N) is 1. The Morgan fingerprint density at radius 2 is 2.00 bits per heavy atom. The smallest absolute Gasteiger partial charge is 0.258 e. The molecule has 1 fully saturated rings. The lowest BCUT2D eigenvalue weighted by Gasteiger charge is -2.23. The molecule has 26 heavy (non-hydrogen) atoms. The zero-order valence-electron chi connectivity index (χ0n) is 15.2. The van der Waals surface area contributed by atoms with Crippen molar-refractivity contribution in [2.75, 3.05) is 11.5 Å². The summed E-state index contributed by atoms with van der Waals surface area (Å²) in [6.45, 7) is 5.93. The number of rotatable bonds is 3. The minimum Gasteiger partial charge on any atom is -0.348 e. The summed E-state index contributed by atoms with van der Waals surface area (Å²) in [7, 11) is -3.09. The lowest BCUT2D eigenvalue weighted by molar-refractivity contribution is 0.0938. The standard InChI is InChI=1S/C18H23N3O4S/c1-18(2,3)17-20-16(25-21-17)14-9-5-4-8-13(14)15(22)19-12-7-6-10-26(23,24)11-12/h4-5,8-9,12H,6-7,10-11H2,1-3H3,(H,19,22). The van der Waals surface area contributed by atoms with E-state index < -0.39 is 9.84 Å². The molecule has 0 bridgehead atoms. The zero-order chi connectivity index (χ0) is 18.9. The zero-order valence-corrected chi connectivity index (χ0v) is 16.0. The van der Waals surface area contributed by atoms with E-state index in [2.05, 4.69) is 15.5 Å². The van der Waals surface area contributed by atoms with Gasteiger partial charge < -0.3 is 9.84 Å². The van der Waals surface area contributed by atoms with Gasteiger partial charge in [-0.15, -0.1) is 0 Å². The highest BCUT2D eigenvalue weighted by atomic mass is 32.2. The van der Waals surface area contributed by atoms with Crippen molar-refractivity contribution in [2.24, 2.45) is 0 Å². The topological polar surface area (TPSA) is 102 Å². The molecule has 1 saturated heterocycles. The van der Waals surface area contributed by atoms with Gasteiger partial charge in [0.1, 0.15) is 0 Å². The largest absolute Gasteiger partial charge is 0.348 e. The van der Waals surface area contributed by atoms with Crippen molar-refractivity contribution in [3.8, 4) is 11.5 Å². The number of carbonyl (C=O) groups is 1. The minimum absolute atomic E-state index is 0.0182. The van der Waals surface area contributed by atoms with Crippen molar-refractivity contribution in [3.63, 3.8) is 0 Å². The predicted octanol–water partition coefficient (Wildman–Crippen LogP) is 2.34. The van der Waals surface area contributed by atoms with Gasteiger partial charge in [0.05, 0.1) is 22.6 Å². The maximum Gasteiger partial charge on any atom is 0.258 e. The summed E-state index contributed by atoms with van der Waals surface area (Å²) in [5, 5.41) is 6.83. The van der Waals surface area contributed by atoms with Crippen LogP contribution in [0.5, 0.6) is 0 Å². The van der Waals surface area contributed by atoms with Crippen LogP contribution in [0.25, 0.3) is 11.5 Å². The molecule has 1 aromatic heterocycles. The molecule has 8 heteroatoms. The highest BCUT2D eigenvalue weighted by Crippen LogP contribution is 2.26. The molecule has 2 aromatic rings. The van der Waals surface area contributed by atoms with Crippen LogP contribution in [0.4, 0.5) is 0 Å². The number of amides is 1. The molecule has 0 saturated carbocycles. The van der Waals surface area contributed by atoms with Gasteiger partial charge in [-0.05, 0) is 25.0 Å². The minimum atomic E-state index is -3.09. The first-order valence-corrected chi connectivity index (χ1v) is 10.4. The molecule has 7 nitrogen and oxygen atoms in total. The Hall–Kier alpha value is -2.22. The average Bonchev–Trinajstić information content (AvgIpc) is 3.04. The van der Waals surface area contributed by atoms with E-state index in [0.29, 0.717) is 29.8 Å². The summed E-state index contributed by atoms with van der Waals surface area (Å²) < 4.78 is 28.9. The molecular weight excluding hydrogens is 354 g/mol.